The van der Waals surface area contributed by atoms with E-state index < -0.39 is 12.0 Å². The van der Waals surface area contributed by atoms with Gasteiger partial charge in [0.25, 0.3) is 11.8 Å². The Balaban J connectivity index is 1.58. The molecular weight excluding hydrogens is 360 g/mol. The van der Waals surface area contributed by atoms with Crippen LogP contribution in [-0.2, 0) is 9.59 Å². The van der Waals surface area contributed by atoms with Crippen LogP contribution < -0.4 is 4.74 Å². The predicted octanol–water partition coefficient (Wildman–Crippen LogP) is 2.54. The zero-order valence-electron chi connectivity index (χ0n) is 16.5. The molecule has 2 saturated heterocycles. The van der Waals surface area contributed by atoms with Crippen LogP contribution in [0.2, 0.25) is 0 Å². The molecular formula is C21H28N2O5. The molecule has 3 unspecified atom stereocenters. The molecule has 2 heterocycles. The van der Waals surface area contributed by atoms with Crippen molar-refractivity contribution >= 4 is 17.8 Å². The Morgan fingerprint density at radius 2 is 1.68 bits per heavy atom. The van der Waals surface area contributed by atoms with E-state index in [-0.39, 0.29) is 30.5 Å². The van der Waals surface area contributed by atoms with E-state index >= 15 is 0 Å². The maximum absolute atomic E-state index is 12.6. The number of piperidine rings is 1. The number of aliphatic carboxylic acids is 1. The molecule has 0 spiro atoms. The second kappa shape index (κ2) is 8.63. The lowest BCUT2D eigenvalue weighted by Crippen LogP contribution is -2.49. The highest BCUT2D eigenvalue weighted by molar-refractivity contribution is 5.97. The normalized spacial score (nSPS) is 24.9. The Labute approximate surface area is 165 Å². The van der Waals surface area contributed by atoms with Crippen LogP contribution in [-0.4, -0.2) is 64.0 Å². The van der Waals surface area contributed by atoms with E-state index in [9.17, 15) is 19.5 Å². The Bertz CT molecular complexity index is 723. The number of carboxylic acids is 1. The number of carbonyl (C=O) groups excluding carboxylic acids is 2. The first-order chi connectivity index (χ1) is 13.4. The molecule has 0 saturated carbocycles. The van der Waals surface area contributed by atoms with E-state index in [0.717, 1.165) is 19.3 Å². The Kier molecular flexibility index (Phi) is 6.21. The van der Waals surface area contributed by atoms with Crippen molar-refractivity contribution in [2.24, 2.45) is 0 Å². The van der Waals surface area contributed by atoms with Crippen LogP contribution in [0, 0.1) is 0 Å². The first-order valence-corrected chi connectivity index (χ1v) is 9.96. The molecule has 2 aliphatic heterocycles. The minimum absolute atomic E-state index is 0.0266. The van der Waals surface area contributed by atoms with Gasteiger partial charge in [-0.2, -0.15) is 0 Å². The van der Waals surface area contributed by atoms with Gasteiger partial charge in [0.05, 0.1) is 0 Å². The van der Waals surface area contributed by atoms with Crippen molar-refractivity contribution in [2.75, 3.05) is 13.2 Å². The van der Waals surface area contributed by atoms with Crippen molar-refractivity contribution in [3.63, 3.8) is 0 Å². The van der Waals surface area contributed by atoms with Crippen LogP contribution >= 0.6 is 0 Å². The predicted molar refractivity (Wildman–Crippen MR) is 103 cm³/mol. The van der Waals surface area contributed by atoms with Gasteiger partial charge in [0, 0.05) is 24.2 Å². The summed E-state index contributed by atoms with van der Waals surface area (Å²) in [5.41, 5.74) is 0.421. The second-order valence-electron chi connectivity index (χ2n) is 7.74. The number of hydrogen-bond acceptors (Lipinski definition) is 4. The largest absolute Gasteiger partial charge is 0.484 e. The van der Waals surface area contributed by atoms with Crippen LogP contribution in [0.4, 0.5) is 0 Å². The summed E-state index contributed by atoms with van der Waals surface area (Å²) in [6.07, 6.45) is 4.35. The third kappa shape index (κ3) is 4.29. The zero-order valence-corrected chi connectivity index (χ0v) is 16.5. The Morgan fingerprint density at radius 1 is 1.04 bits per heavy atom. The highest BCUT2D eigenvalue weighted by Crippen LogP contribution is 2.24. The average molecular weight is 388 g/mol. The highest BCUT2D eigenvalue weighted by Gasteiger charge is 2.34. The van der Waals surface area contributed by atoms with Gasteiger partial charge in [-0.05, 0) is 70.2 Å². The van der Waals surface area contributed by atoms with Gasteiger partial charge in [-0.25, -0.2) is 4.79 Å². The van der Waals surface area contributed by atoms with Crippen molar-refractivity contribution in [3.05, 3.63) is 29.8 Å². The van der Waals surface area contributed by atoms with Gasteiger partial charge >= 0.3 is 5.97 Å². The quantitative estimate of drug-likeness (QED) is 0.838. The van der Waals surface area contributed by atoms with Gasteiger partial charge in [-0.1, -0.05) is 0 Å². The number of benzene rings is 1. The third-order valence-electron chi connectivity index (χ3n) is 5.74. The molecule has 1 N–H and O–H groups in total. The number of hydrogen-bond donors (Lipinski definition) is 1. The molecule has 3 rings (SSSR count). The molecule has 3 atom stereocenters. The maximum atomic E-state index is 12.6. The summed E-state index contributed by atoms with van der Waals surface area (Å²) < 4.78 is 5.63. The summed E-state index contributed by atoms with van der Waals surface area (Å²) >= 11 is 0. The molecule has 28 heavy (non-hydrogen) atoms. The van der Waals surface area contributed by atoms with Gasteiger partial charge in [0.2, 0.25) is 0 Å². The molecule has 0 aliphatic carbocycles. The van der Waals surface area contributed by atoms with Crippen LogP contribution in [0.5, 0.6) is 5.75 Å². The maximum Gasteiger partial charge on any atom is 0.326 e. The summed E-state index contributed by atoms with van der Waals surface area (Å²) in [5, 5.41) is 9.24. The van der Waals surface area contributed by atoms with Gasteiger partial charge in [0.15, 0.2) is 6.61 Å². The Morgan fingerprint density at radius 3 is 2.29 bits per heavy atom. The molecule has 7 nitrogen and oxygen atoms in total. The summed E-state index contributed by atoms with van der Waals surface area (Å²) in [5.74, 6) is -0.770. The van der Waals surface area contributed by atoms with E-state index in [1.807, 2.05) is 4.90 Å². The lowest BCUT2D eigenvalue weighted by molar-refractivity contribution is -0.141. The van der Waals surface area contributed by atoms with Crippen LogP contribution in [0.3, 0.4) is 0 Å². The van der Waals surface area contributed by atoms with Gasteiger partial charge in [-0.15, -0.1) is 0 Å². The van der Waals surface area contributed by atoms with E-state index in [1.54, 1.807) is 24.3 Å². The smallest absolute Gasteiger partial charge is 0.326 e. The molecule has 2 amide bonds. The second-order valence-corrected chi connectivity index (χ2v) is 7.74. The first kappa shape index (κ1) is 20.2. The molecule has 7 heteroatoms. The SMILES string of the molecule is CC1CCCC(C)N1C(=O)COc1ccc(C(=O)N2CCCC2C(=O)O)cc1. The minimum Gasteiger partial charge on any atom is -0.484 e. The number of amides is 2. The monoisotopic (exact) mass is 388 g/mol. The topological polar surface area (TPSA) is 87.2 Å². The molecule has 152 valence electrons. The van der Waals surface area contributed by atoms with E-state index in [4.69, 9.17) is 4.74 Å². The third-order valence-corrected chi connectivity index (χ3v) is 5.74. The fraction of sp³-hybridized carbons (Fsp3) is 0.571. The number of ether oxygens (including phenoxy) is 1. The molecule has 1 aromatic rings. The number of likely N-dealkylation sites (tertiary alicyclic amines) is 2. The van der Waals surface area contributed by atoms with E-state index in [1.165, 1.54) is 4.90 Å². The average Bonchev–Trinajstić information content (AvgIpc) is 3.16. The van der Waals surface area contributed by atoms with Crippen molar-refractivity contribution in [1.82, 2.24) is 9.80 Å². The summed E-state index contributed by atoms with van der Waals surface area (Å²) in [7, 11) is 0. The van der Waals surface area contributed by atoms with Crippen molar-refractivity contribution in [2.45, 2.75) is 64.1 Å². The van der Waals surface area contributed by atoms with Gasteiger partial charge in [0.1, 0.15) is 11.8 Å². The van der Waals surface area contributed by atoms with Gasteiger partial charge in [-0.3, -0.25) is 9.59 Å². The number of carbonyl (C=O) groups is 3. The molecule has 1 aromatic carbocycles. The molecule has 0 aromatic heterocycles. The zero-order chi connectivity index (χ0) is 20.3. The fourth-order valence-corrected chi connectivity index (χ4v) is 4.26. The molecule has 2 aliphatic rings. The van der Waals surface area contributed by atoms with E-state index in [0.29, 0.717) is 30.7 Å². The van der Waals surface area contributed by atoms with Crippen molar-refractivity contribution in [1.29, 1.82) is 0 Å². The highest BCUT2D eigenvalue weighted by atomic mass is 16.5. The summed E-state index contributed by atoms with van der Waals surface area (Å²) in [6.45, 7) is 4.55. The van der Waals surface area contributed by atoms with Crippen LogP contribution in [0.25, 0.3) is 0 Å². The number of rotatable bonds is 5. The fourth-order valence-electron chi connectivity index (χ4n) is 4.26. The minimum atomic E-state index is -0.967. The van der Waals surface area contributed by atoms with Crippen molar-refractivity contribution in [3.8, 4) is 5.75 Å². The molecule has 0 radical (unpaired) electrons. The summed E-state index contributed by atoms with van der Waals surface area (Å²) in [4.78, 5) is 39.7. The Hall–Kier alpha value is -2.57. The van der Waals surface area contributed by atoms with Crippen LogP contribution in [0.15, 0.2) is 24.3 Å². The van der Waals surface area contributed by atoms with Gasteiger partial charge < -0.3 is 19.6 Å². The van der Waals surface area contributed by atoms with Crippen molar-refractivity contribution < 1.29 is 24.2 Å². The number of carboxylic acid groups (broad SMARTS) is 1. The standard InChI is InChI=1S/C21H28N2O5/c1-14-5-3-6-15(2)23(14)19(24)13-28-17-10-8-16(9-11-17)20(25)22-12-4-7-18(22)21(26)27/h8-11,14-15,18H,3-7,12-13H2,1-2H3,(H,26,27). The number of nitrogens with zero attached hydrogens (tertiary/aromatic N) is 2. The van der Waals surface area contributed by atoms with E-state index in [2.05, 4.69) is 13.8 Å². The first-order valence-electron chi connectivity index (χ1n) is 9.96. The summed E-state index contributed by atoms with van der Waals surface area (Å²) in [6, 6.07) is 6.22. The lowest BCUT2D eigenvalue weighted by Gasteiger charge is -2.38. The molecule has 2 fully saturated rings. The lowest BCUT2D eigenvalue weighted by atomic mass is 9.97. The molecule has 0 bridgehead atoms. The van der Waals surface area contributed by atoms with Crippen LogP contribution in [0.1, 0.15) is 56.3 Å².